The van der Waals surface area contributed by atoms with Gasteiger partial charge in [0.05, 0.1) is 0 Å². The van der Waals surface area contributed by atoms with Crippen molar-refractivity contribution in [3.8, 4) is 0 Å². The molecular weight excluding hydrogens is 348 g/mol. The minimum absolute atomic E-state index is 0.136. The van der Waals surface area contributed by atoms with Crippen molar-refractivity contribution in [2.75, 3.05) is 5.75 Å². The van der Waals surface area contributed by atoms with Crippen molar-refractivity contribution in [2.45, 2.75) is 123 Å². The fraction of sp³-hybridized carbons (Fsp3) is 0.880. The minimum Gasteiger partial charge on any atom is -0.299 e. The number of Topliss-reactive ketones (excluding diaryl/α,β-unsaturated/α-hetero) is 1. The molecule has 1 rings (SSSR count). The third-order valence-electron chi connectivity index (χ3n) is 6.20. The normalized spacial score (nSPS) is 20.3. The van der Waals surface area contributed by atoms with Gasteiger partial charge in [-0.2, -0.15) is 11.8 Å². The number of carbonyl (C=O) groups excluding carboxylic acids is 1. The van der Waals surface area contributed by atoms with Crippen LogP contribution in [0.5, 0.6) is 0 Å². The first kappa shape index (κ1) is 24.8. The lowest BCUT2D eigenvalue weighted by molar-refractivity contribution is -0.125. The van der Waals surface area contributed by atoms with Gasteiger partial charge in [0.2, 0.25) is 0 Å². The Bertz CT molecular complexity index is 438. The summed E-state index contributed by atoms with van der Waals surface area (Å²) in [5.74, 6) is 1.83. The predicted octanol–water partition coefficient (Wildman–Crippen LogP) is 8.37. The number of carbonyl (C=O) groups is 1. The molecule has 2 atom stereocenters. The van der Waals surface area contributed by atoms with Gasteiger partial charge in [-0.15, -0.1) is 0 Å². The van der Waals surface area contributed by atoms with Crippen molar-refractivity contribution < 1.29 is 4.79 Å². The van der Waals surface area contributed by atoms with E-state index in [4.69, 9.17) is 0 Å². The lowest BCUT2D eigenvalue weighted by Gasteiger charge is -2.37. The van der Waals surface area contributed by atoms with E-state index in [1.54, 1.807) is 0 Å². The van der Waals surface area contributed by atoms with E-state index in [1.807, 2.05) is 11.8 Å². The maximum atomic E-state index is 12.9. The van der Waals surface area contributed by atoms with Crippen molar-refractivity contribution in [3.63, 3.8) is 0 Å². The Balaban J connectivity index is 2.08. The SMILES string of the molecule is CCCCCCCCCCCCSC(C)CC(=O)[C@@H]1C(C)=CCCC1(C)C. The summed E-state index contributed by atoms with van der Waals surface area (Å²) in [5, 5.41) is 0.460. The summed E-state index contributed by atoms with van der Waals surface area (Å²) in [6, 6.07) is 0. The smallest absolute Gasteiger partial charge is 0.141 e. The van der Waals surface area contributed by atoms with Crippen LogP contribution in [-0.2, 0) is 4.79 Å². The molecule has 1 aliphatic rings. The molecule has 0 saturated carbocycles. The molecule has 0 saturated heterocycles. The second-order valence-electron chi connectivity index (χ2n) is 9.44. The van der Waals surface area contributed by atoms with E-state index < -0.39 is 0 Å². The number of hydrogen-bond donors (Lipinski definition) is 0. The highest BCUT2D eigenvalue weighted by Gasteiger charge is 2.37. The first-order valence-electron chi connectivity index (χ1n) is 11.7. The molecule has 0 aromatic carbocycles. The molecule has 27 heavy (non-hydrogen) atoms. The van der Waals surface area contributed by atoms with Gasteiger partial charge in [-0.1, -0.05) is 97.1 Å². The van der Waals surface area contributed by atoms with Gasteiger partial charge in [0, 0.05) is 17.6 Å². The van der Waals surface area contributed by atoms with Crippen molar-refractivity contribution >= 4 is 17.5 Å². The number of allylic oxidation sites excluding steroid dienone is 2. The first-order valence-corrected chi connectivity index (χ1v) is 12.7. The summed E-state index contributed by atoms with van der Waals surface area (Å²) in [7, 11) is 0. The molecule has 0 aromatic heterocycles. The molecular formula is C25H46OS. The monoisotopic (exact) mass is 394 g/mol. The van der Waals surface area contributed by atoms with Gasteiger partial charge in [0.1, 0.15) is 5.78 Å². The van der Waals surface area contributed by atoms with Crippen LogP contribution >= 0.6 is 11.8 Å². The Morgan fingerprint density at radius 2 is 1.63 bits per heavy atom. The molecule has 0 radical (unpaired) electrons. The summed E-state index contributed by atoms with van der Waals surface area (Å²) < 4.78 is 0. The molecule has 0 aliphatic heterocycles. The molecule has 2 heteroatoms. The van der Waals surface area contributed by atoms with Gasteiger partial charge < -0.3 is 0 Å². The maximum Gasteiger partial charge on any atom is 0.141 e. The standard InChI is InChI=1S/C25H46OS/c1-6-7-8-9-10-11-12-13-14-15-19-27-22(3)20-23(26)24-21(2)17-16-18-25(24,4)5/h17,22,24H,6-16,18-20H2,1-5H3/t22?,24-/m0/s1. The molecule has 158 valence electrons. The quantitative estimate of drug-likeness (QED) is 0.205. The van der Waals surface area contributed by atoms with E-state index in [-0.39, 0.29) is 11.3 Å². The van der Waals surface area contributed by atoms with Crippen LogP contribution in [0.1, 0.15) is 118 Å². The number of ketones is 1. The third-order valence-corrected chi connectivity index (χ3v) is 7.46. The summed E-state index contributed by atoms with van der Waals surface area (Å²) in [6.45, 7) is 11.2. The van der Waals surface area contributed by atoms with Crippen molar-refractivity contribution in [1.29, 1.82) is 0 Å². The van der Waals surface area contributed by atoms with Crippen LogP contribution in [0, 0.1) is 11.3 Å². The molecule has 0 spiro atoms. The Morgan fingerprint density at radius 3 is 2.19 bits per heavy atom. The van der Waals surface area contributed by atoms with Crippen LogP contribution in [0.25, 0.3) is 0 Å². The summed E-state index contributed by atoms with van der Waals surface area (Å²) in [6.07, 6.45) is 19.2. The zero-order valence-electron chi connectivity index (χ0n) is 18.9. The van der Waals surface area contributed by atoms with E-state index in [1.165, 1.54) is 75.5 Å². The van der Waals surface area contributed by atoms with Gasteiger partial charge in [0.15, 0.2) is 0 Å². The van der Waals surface area contributed by atoms with Crippen LogP contribution < -0.4 is 0 Å². The van der Waals surface area contributed by atoms with Crippen LogP contribution in [0.4, 0.5) is 0 Å². The molecule has 0 amide bonds. The molecule has 0 N–H and O–H groups in total. The minimum atomic E-state index is 0.136. The molecule has 1 aliphatic carbocycles. The van der Waals surface area contributed by atoms with E-state index in [9.17, 15) is 4.79 Å². The fourth-order valence-corrected chi connectivity index (χ4v) is 5.63. The molecule has 1 nitrogen and oxygen atoms in total. The molecule has 0 aromatic rings. The van der Waals surface area contributed by atoms with Crippen LogP contribution in [-0.4, -0.2) is 16.8 Å². The van der Waals surface area contributed by atoms with E-state index in [2.05, 4.69) is 40.7 Å². The average Bonchev–Trinajstić information content (AvgIpc) is 2.58. The predicted molar refractivity (Wildman–Crippen MR) is 124 cm³/mol. The zero-order valence-corrected chi connectivity index (χ0v) is 19.8. The summed E-state index contributed by atoms with van der Waals surface area (Å²) in [4.78, 5) is 12.9. The van der Waals surface area contributed by atoms with Gasteiger partial charge in [-0.05, 0) is 37.4 Å². The highest BCUT2D eigenvalue weighted by Crippen LogP contribution is 2.42. The molecule has 0 bridgehead atoms. The lowest BCUT2D eigenvalue weighted by atomic mass is 9.66. The van der Waals surface area contributed by atoms with Crippen molar-refractivity contribution in [2.24, 2.45) is 11.3 Å². The highest BCUT2D eigenvalue weighted by atomic mass is 32.2. The summed E-state index contributed by atoms with van der Waals surface area (Å²) >= 11 is 2.01. The third kappa shape index (κ3) is 10.2. The second-order valence-corrected chi connectivity index (χ2v) is 11.0. The van der Waals surface area contributed by atoms with E-state index >= 15 is 0 Å². The van der Waals surface area contributed by atoms with Gasteiger partial charge in [-0.25, -0.2) is 0 Å². The highest BCUT2D eigenvalue weighted by molar-refractivity contribution is 7.99. The number of rotatable bonds is 15. The summed E-state index contributed by atoms with van der Waals surface area (Å²) in [5.41, 5.74) is 1.44. The number of unbranched alkanes of at least 4 members (excludes halogenated alkanes) is 9. The Hall–Kier alpha value is -0.240. The fourth-order valence-electron chi connectivity index (χ4n) is 4.57. The van der Waals surface area contributed by atoms with Crippen LogP contribution in [0.3, 0.4) is 0 Å². The first-order chi connectivity index (χ1) is 12.9. The number of hydrogen-bond acceptors (Lipinski definition) is 2. The molecule has 1 unspecified atom stereocenters. The van der Waals surface area contributed by atoms with E-state index in [0.29, 0.717) is 11.0 Å². The maximum absolute atomic E-state index is 12.9. The van der Waals surface area contributed by atoms with Gasteiger partial charge in [0.25, 0.3) is 0 Å². The largest absolute Gasteiger partial charge is 0.299 e. The molecule has 0 heterocycles. The lowest BCUT2D eigenvalue weighted by Crippen LogP contribution is -2.35. The van der Waals surface area contributed by atoms with Crippen LogP contribution in [0.15, 0.2) is 11.6 Å². The average molecular weight is 395 g/mol. The molecule has 0 fully saturated rings. The van der Waals surface area contributed by atoms with Gasteiger partial charge in [-0.3, -0.25) is 4.79 Å². The topological polar surface area (TPSA) is 17.1 Å². The Morgan fingerprint density at radius 1 is 1.07 bits per heavy atom. The zero-order chi connectivity index (χ0) is 20.1. The van der Waals surface area contributed by atoms with Gasteiger partial charge >= 0.3 is 0 Å². The second kappa shape index (κ2) is 13.9. The van der Waals surface area contributed by atoms with Crippen LogP contribution in [0.2, 0.25) is 0 Å². The van der Waals surface area contributed by atoms with Crippen molar-refractivity contribution in [3.05, 3.63) is 11.6 Å². The Labute approximate surface area is 174 Å². The van der Waals surface area contributed by atoms with E-state index in [0.717, 1.165) is 19.3 Å². The Kier molecular flexibility index (Phi) is 12.7. The van der Waals surface area contributed by atoms with Crippen molar-refractivity contribution in [1.82, 2.24) is 0 Å². The number of thioether (sulfide) groups is 1.